The molecule has 1 amide bonds. The first-order valence-corrected chi connectivity index (χ1v) is 5.65. The van der Waals surface area contributed by atoms with E-state index in [0.717, 1.165) is 17.2 Å². The molecule has 0 atom stereocenters. The first kappa shape index (κ1) is 14.2. The van der Waals surface area contributed by atoms with Crippen LogP contribution in [0.3, 0.4) is 0 Å². The van der Waals surface area contributed by atoms with Crippen LogP contribution in [0.2, 0.25) is 0 Å². The number of benzene rings is 1. The molecule has 0 heterocycles. The molecule has 1 rings (SSSR count). The number of carbonyl (C=O) groups is 1. The zero-order valence-corrected chi connectivity index (χ0v) is 11.2. The van der Waals surface area contributed by atoms with E-state index in [2.05, 4.69) is 10.3 Å². The third-order valence-electron chi connectivity index (χ3n) is 2.62. The Morgan fingerprint density at radius 2 is 2.11 bits per heavy atom. The smallest absolute Gasteiger partial charge is 0.250 e. The lowest BCUT2D eigenvalue weighted by Gasteiger charge is -2.22. The second-order valence-electron chi connectivity index (χ2n) is 3.83. The number of aliphatic imine (C=N–C) groups is 1. The molecule has 0 fully saturated rings. The van der Waals surface area contributed by atoms with Crippen LogP contribution in [0.5, 0.6) is 0 Å². The highest BCUT2D eigenvalue weighted by Crippen LogP contribution is 2.24. The third kappa shape index (κ3) is 3.56. The average Bonchev–Trinajstić information content (AvgIpc) is 2.38. The highest BCUT2D eigenvalue weighted by Gasteiger charge is 2.11. The van der Waals surface area contributed by atoms with E-state index in [9.17, 15) is 4.79 Å². The van der Waals surface area contributed by atoms with Crippen molar-refractivity contribution in [2.45, 2.75) is 6.92 Å². The van der Waals surface area contributed by atoms with Gasteiger partial charge in [-0.3, -0.25) is 9.79 Å². The normalized spacial score (nSPS) is 11.2. The number of methoxy groups -OCH3 is 1. The number of nitrogens with zero attached hydrogens (tertiary/aromatic N) is 2. The number of ether oxygens (including phenoxy) is 1. The van der Waals surface area contributed by atoms with Crippen LogP contribution in [-0.2, 0) is 9.53 Å². The SMILES string of the molecule is CN=C(C)N(C)c1ccccc1NC(=O)COC. The number of amides is 1. The van der Waals surface area contributed by atoms with Crippen molar-refractivity contribution in [2.24, 2.45) is 4.99 Å². The predicted octanol–water partition coefficient (Wildman–Crippen LogP) is 1.76. The molecule has 0 aliphatic carbocycles. The van der Waals surface area contributed by atoms with Gasteiger partial charge in [0.05, 0.1) is 17.2 Å². The number of carbonyl (C=O) groups excluding carboxylic acids is 1. The van der Waals surface area contributed by atoms with Gasteiger partial charge in [0.2, 0.25) is 5.91 Å². The van der Waals surface area contributed by atoms with Crippen LogP contribution >= 0.6 is 0 Å². The van der Waals surface area contributed by atoms with Gasteiger partial charge in [-0.1, -0.05) is 12.1 Å². The molecule has 0 unspecified atom stereocenters. The Morgan fingerprint density at radius 3 is 2.72 bits per heavy atom. The van der Waals surface area contributed by atoms with Crippen LogP contribution in [0, 0.1) is 0 Å². The fraction of sp³-hybridized carbons (Fsp3) is 0.385. The Labute approximate surface area is 107 Å². The summed E-state index contributed by atoms with van der Waals surface area (Å²) in [6.45, 7) is 1.95. The molecule has 18 heavy (non-hydrogen) atoms. The summed E-state index contributed by atoms with van der Waals surface area (Å²) in [5, 5.41) is 2.81. The van der Waals surface area contributed by atoms with Gasteiger partial charge in [-0.2, -0.15) is 0 Å². The minimum atomic E-state index is -0.176. The fourth-order valence-electron chi connectivity index (χ4n) is 1.51. The second kappa shape index (κ2) is 6.76. The molecule has 0 spiro atoms. The molecule has 0 aliphatic heterocycles. The van der Waals surface area contributed by atoms with Crippen LogP contribution in [0.1, 0.15) is 6.92 Å². The Bertz CT molecular complexity index is 444. The van der Waals surface area contributed by atoms with Gasteiger partial charge in [0, 0.05) is 21.2 Å². The maximum absolute atomic E-state index is 11.5. The number of hydrogen-bond acceptors (Lipinski definition) is 3. The Balaban J connectivity index is 2.96. The molecule has 0 radical (unpaired) electrons. The van der Waals surface area contributed by atoms with Crippen LogP contribution in [0.25, 0.3) is 0 Å². The molecule has 0 saturated carbocycles. The van der Waals surface area contributed by atoms with E-state index in [0.29, 0.717) is 0 Å². The zero-order valence-electron chi connectivity index (χ0n) is 11.2. The van der Waals surface area contributed by atoms with Crippen LogP contribution in [-0.4, -0.2) is 39.6 Å². The van der Waals surface area contributed by atoms with Gasteiger partial charge in [-0.25, -0.2) is 0 Å². The van der Waals surface area contributed by atoms with Crippen LogP contribution < -0.4 is 10.2 Å². The third-order valence-corrected chi connectivity index (χ3v) is 2.62. The Morgan fingerprint density at radius 1 is 1.44 bits per heavy atom. The molecule has 0 saturated heterocycles. The maximum atomic E-state index is 11.5. The van der Waals surface area contributed by atoms with E-state index >= 15 is 0 Å². The van der Waals surface area contributed by atoms with E-state index in [-0.39, 0.29) is 12.5 Å². The summed E-state index contributed by atoms with van der Waals surface area (Å²) in [5.74, 6) is 0.688. The van der Waals surface area contributed by atoms with Gasteiger partial charge in [-0.15, -0.1) is 0 Å². The molecule has 1 N–H and O–H groups in total. The van der Waals surface area contributed by atoms with E-state index in [1.165, 1.54) is 7.11 Å². The summed E-state index contributed by atoms with van der Waals surface area (Å²) < 4.78 is 4.80. The summed E-state index contributed by atoms with van der Waals surface area (Å²) in [7, 11) is 5.13. The van der Waals surface area contributed by atoms with Gasteiger partial charge in [0.15, 0.2) is 0 Å². The van der Waals surface area contributed by atoms with Gasteiger partial charge in [0.1, 0.15) is 6.61 Å². The minimum Gasteiger partial charge on any atom is -0.375 e. The summed E-state index contributed by atoms with van der Waals surface area (Å²) in [4.78, 5) is 17.6. The maximum Gasteiger partial charge on any atom is 0.250 e. The van der Waals surface area contributed by atoms with Crippen molar-refractivity contribution >= 4 is 23.1 Å². The fourth-order valence-corrected chi connectivity index (χ4v) is 1.51. The molecule has 0 aromatic heterocycles. The average molecular weight is 249 g/mol. The van der Waals surface area contributed by atoms with Crippen molar-refractivity contribution in [3.05, 3.63) is 24.3 Å². The summed E-state index contributed by atoms with van der Waals surface area (Å²) in [6.07, 6.45) is 0. The Kier molecular flexibility index (Phi) is 5.32. The molecule has 5 heteroatoms. The second-order valence-corrected chi connectivity index (χ2v) is 3.83. The Hall–Kier alpha value is -1.88. The summed E-state index contributed by atoms with van der Waals surface area (Å²) in [6, 6.07) is 7.57. The standard InChI is InChI=1S/C13H19N3O2/c1-10(14-2)16(3)12-8-6-5-7-11(12)15-13(17)9-18-4/h5-8H,9H2,1-4H3,(H,15,17). The molecule has 5 nitrogen and oxygen atoms in total. The van der Waals surface area contributed by atoms with E-state index in [1.54, 1.807) is 7.05 Å². The highest BCUT2D eigenvalue weighted by molar-refractivity contribution is 6.02. The van der Waals surface area contributed by atoms with E-state index in [1.807, 2.05) is 43.1 Å². The number of amidine groups is 1. The molecule has 0 bridgehead atoms. The molecular weight excluding hydrogens is 230 g/mol. The van der Waals surface area contributed by atoms with Gasteiger partial charge >= 0.3 is 0 Å². The molecule has 1 aromatic carbocycles. The van der Waals surface area contributed by atoms with Crippen molar-refractivity contribution in [2.75, 3.05) is 38.0 Å². The number of anilines is 2. The van der Waals surface area contributed by atoms with Crippen molar-refractivity contribution in [3.8, 4) is 0 Å². The number of nitrogens with one attached hydrogen (secondary N) is 1. The topological polar surface area (TPSA) is 53.9 Å². The molecular formula is C13H19N3O2. The first-order valence-electron chi connectivity index (χ1n) is 5.65. The lowest BCUT2D eigenvalue weighted by atomic mass is 10.2. The van der Waals surface area contributed by atoms with Gasteiger partial charge in [-0.05, 0) is 19.1 Å². The summed E-state index contributed by atoms with van der Waals surface area (Å²) in [5.41, 5.74) is 1.63. The van der Waals surface area contributed by atoms with Gasteiger partial charge < -0.3 is 15.0 Å². The zero-order chi connectivity index (χ0) is 13.5. The predicted molar refractivity (Wildman–Crippen MR) is 74.4 cm³/mol. The van der Waals surface area contributed by atoms with Crippen molar-refractivity contribution in [3.63, 3.8) is 0 Å². The van der Waals surface area contributed by atoms with Crippen molar-refractivity contribution in [1.82, 2.24) is 0 Å². The molecule has 98 valence electrons. The van der Waals surface area contributed by atoms with Crippen molar-refractivity contribution in [1.29, 1.82) is 0 Å². The molecule has 1 aromatic rings. The number of rotatable bonds is 4. The summed E-state index contributed by atoms with van der Waals surface area (Å²) >= 11 is 0. The van der Waals surface area contributed by atoms with Crippen LogP contribution in [0.15, 0.2) is 29.3 Å². The quantitative estimate of drug-likeness (QED) is 0.653. The van der Waals surface area contributed by atoms with E-state index in [4.69, 9.17) is 4.74 Å². The number of hydrogen-bond donors (Lipinski definition) is 1. The van der Waals surface area contributed by atoms with Gasteiger partial charge in [0.25, 0.3) is 0 Å². The first-order chi connectivity index (χ1) is 8.60. The van der Waals surface area contributed by atoms with E-state index < -0.39 is 0 Å². The monoisotopic (exact) mass is 249 g/mol. The highest BCUT2D eigenvalue weighted by atomic mass is 16.5. The minimum absolute atomic E-state index is 0.0406. The lowest BCUT2D eigenvalue weighted by Crippen LogP contribution is -2.26. The number of para-hydroxylation sites is 2. The molecule has 0 aliphatic rings. The van der Waals surface area contributed by atoms with Crippen molar-refractivity contribution < 1.29 is 9.53 Å². The largest absolute Gasteiger partial charge is 0.375 e. The lowest BCUT2D eigenvalue weighted by molar-refractivity contribution is -0.119. The van der Waals surface area contributed by atoms with Crippen LogP contribution in [0.4, 0.5) is 11.4 Å².